The smallest absolute Gasteiger partial charge is 0.286 e. The van der Waals surface area contributed by atoms with Gasteiger partial charge in [-0.05, 0) is 5.92 Å². The van der Waals surface area contributed by atoms with Crippen LogP contribution in [0.15, 0.2) is 0 Å². The van der Waals surface area contributed by atoms with Crippen LogP contribution in [-0.2, 0) is 11.3 Å². The first kappa shape index (κ1) is 15.8. The first-order chi connectivity index (χ1) is 10.9. The first-order valence-electron chi connectivity index (χ1n) is 8.10. The van der Waals surface area contributed by atoms with E-state index < -0.39 is 5.91 Å². The minimum atomic E-state index is -0.549. The number of aromatic nitrogens is 3. The number of amides is 2. The fourth-order valence-corrected chi connectivity index (χ4v) is 3.66. The Morgan fingerprint density at radius 1 is 1.17 bits per heavy atom. The molecule has 1 aromatic heterocycles. The molecule has 1 aromatic rings. The molecule has 0 aliphatic carbocycles. The summed E-state index contributed by atoms with van der Waals surface area (Å²) in [5.74, 6) is 1.81. The van der Waals surface area contributed by atoms with Gasteiger partial charge in [0.2, 0.25) is 17.7 Å². The van der Waals surface area contributed by atoms with Crippen LogP contribution in [0.25, 0.3) is 0 Å². The first-order valence-corrected chi connectivity index (χ1v) is 8.10. The van der Waals surface area contributed by atoms with Crippen molar-refractivity contribution < 1.29 is 9.59 Å². The highest BCUT2D eigenvalue weighted by Crippen LogP contribution is 2.33. The van der Waals surface area contributed by atoms with Crippen LogP contribution in [0.5, 0.6) is 0 Å². The van der Waals surface area contributed by atoms with Gasteiger partial charge in [-0.3, -0.25) is 14.2 Å². The lowest BCUT2D eigenvalue weighted by molar-refractivity contribution is -0.128. The van der Waals surface area contributed by atoms with Gasteiger partial charge < -0.3 is 15.5 Å². The summed E-state index contributed by atoms with van der Waals surface area (Å²) in [5.41, 5.74) is 5.42. The molecule has 8 nitrogen and oxygen atoms in total. The molecule has 3 heterocycles. The summed E-state index contributed by atoms with van der Waals surface area (Å²) in [7, 11) is 0. The van der Waals surface area contributed by atoms with Gasteiger partial charge in [-0.1, -0.05) is 13.8 Å². The molecule has 0 unspecified atom stereocenters. The van der Waals surface area contributed by atoms with E-state index in [1.807, 2.05) is 9.47 Å². The van der Waals surface area contributed by atoms with Crippen LogP contribution in [0.3, 0.4) is 0 Å². The van der Waals surface area contributed by atoms with Gasteiger partial charge in [0.05, 0.1) is 0 Å². The molecule has 2 N–H and O–H groups in total. The van der Waals surface area contributed by atoms with E-state index in [9.17, 15) is 9.59 Å². The highest BCUT2D eigenvalue weighted by Gasteiger charge is 2.42. The minimum Gasteiger partial charge on any atom is -0.363 e. The SMILES string of the molecule is CC(=O)N1C[C@@H]2CN(c3nnc(C(N)=O)n3CC(C)C)C[C@@H]2C1. The number of hydrogen-bond donors (Lipinski definition) is 1. The van der Waals surface area contributed by atoms with Crippen LogP contribution in [-0.4, -0.2) is 57.7 Å². The molecule has 0 aromatic carbocycles. The molecule has 0 spiro atoms. The van der Waals surface area contributed by atoms with Crippen LogP contribution < -0.4 is 10.6 Å². The molecule has 0 saturated carbocycles. The van der Waals surface area contributed by atoms with Gasteiger partial charge >= 0.3 is 0 Å². The lowest BCUT2D eigenvalue weighted by atomic mass is 10.0. The summed E-state index contributed by atoms with van der Waals surface area (Å²) in [6.07, 6.45) is 0. The third-order valence-electron chi connectivity index (χ3n) is 4.71. The average molecular weight is 320 g/mol. The summed E-state index contributed by atoms with van der Waals surface area (Å²) >= 11 is 0. The van der Waals surface area contributed by atoms with Crippen LogP contribution in [0, 0.1) is 17.8 Å². The topological polar surface area (TPSA) is 97.4 Å². The van der Waals surface area contributed by atoms with E-state index in [1.54, 1.807) is 6.92 Å². The maximum Gasteiger partial charge on any atom is 0.286 e. The Kier molecular flexibility index (Phi) is 3.99. The number of nitrogens with zero attached hydrogens (tertiary/aromatic N) is 5. The van der Waals surface area contributed by atoms with Crippen molar-refractivity contribution >= 4 is 17.8 Å². The quantitative estimate of drug-likeness (QED) is 0.839. The average Bonchev–Trinajstić information content (AvgIpc) is 3.08. The zero-order chi connectivity index (χ0) is 16.7. The predicted molar refractivity (Wildman–Crippen MR) is 84.8 cm³/mol. The van der Waals surface area contributed by atoms with Crippen LogP contribution in [0.4, 0.5) is 5.95 Å². The van der Waals surface area contributed by atoms with E-state index in [2.05, 4.69) is 28.9 Å². The van der Waals surface area contributed by atoms with Crippen molar-refractivity contribution in [2.75, 3.05) is 31.1 Å². The Morgan fingerprint density at radius 3 is 2.26 bits per heavy atom. The maximum absolute atomic E-state index is 11.6. The summed E-state index contributed by atoms with van der Waals surface area (Å²) in [6, 6.07) is 0. The summed E-state index contributed by atoms with van der Waals surface area (Å²) < 4.78 is 1.83. The highest BCUT2D eigenvalue weighted by atomic mass is 16.2. The van der Waals surface area contributed by atoms with E-state index in [0.717, 1.165) is 32.1 Å². The van der Waals surface area contributed by atoms with Crippen molar-refractivity contribution in [3.05, 3.63) is 5.82 Å². The minimum absolute atomic E-state index is 0.143. The van der Waals surface area contributed by atoms with Crippen molar-refractivity contribution in [1.82, 2.24) is 19.7 Å². The van der Waals surface area contributed by atoms with Crippen LogP contribution >= 0.6 is 0 Å². The molecule has 3 rings (SSSR count). The van der Waals surface area contributed by atoms with Gasteiger partial charge in [-0.2, -0.15) is 0 Å². The number of primary amides is 1. The molecular formula is C15H24N6O2. The molecule has 2 amide bonds. The molecule has 2 saturated heterocycles. The zero-order valence-electron chi connectivity index (χ0n) is 13.9. The molecule has 2 aliphatic heterocycles. The van der Waals surface area contributed by atoms with Gasteiger partial charge in [0, 0.05) is 51.5 Å². The van der Waals surface area contributed by atoms with Gasteiger partial charge in [-0.15, -0.1) is 10.2 Å². The van der Waals surface area contributed by atoms with E-state index >= 15 is 0 Å². The molecule has 8 heteroatoms. The second-order valence-corrected chi connectivity index (χ2v) is 7.04. The van der Waals surface area contributed by atoms with Crippen molar-refractivity contribution in [1.29, 1.82) is 0 Å². The molecule has 2 aliphatic rings. The van der Waals surface area contributed by atoms with Gasteiger partial charge in [0.15, 0.2) is 0 Å². The number of hydrogen-bond acceptors (Lipinski definition) is 5. The van der Waals surface area contributed by atoms with E-state index in [-0.39, 0.29) is 11.7 Å². The molecule has 0 bridgehead atoms. The second kappa shape index (κ2) is 5.82. The largest absolute Gasteiger partial charge is 0.363 e. The number of anilines is 1. The zero-order valence-corrected chi connectivity index (χ0v) is 13.9. The third-order valence-corrected chi connectivity index (χ3v) is 4.71. The van der Waals surface area contributed by atoms with Gasteiger partial charge in [0.25, 0.3) is 5.91 Å². The number of carbonyl (C=O) groups is 2. The lowest BCUT2D eigenvalue weighted by Gasteiger charge is -2.22. The predicted octanol–water partition coefficient (Wildman–Crippen LogP) is -0.0525. The van der Waals surface area contributed by atoms with E-state index in [4.69, 9.17) is 5.73 Å². The molecule has 2 fully saturated rings. The second-order valence-electron chi connectivity index (χ2n) is 7.04. The molecule has 126 valence electrons. The molecule has 0 radical (unpaired) electrons. The Balaban J connectivity index is 1.79. The van der Waals surface area contributed by atoms with Crippen LogP contribution in [0.2, 0.25) is 0 Å². The number of rotatable bonds is 4. The van der Waals surface area contributed by atoms with Crippen molar-refractivity contribution in [2.24, 2.45) is 23.5 Å². The van der Waals surface area contributed by atoms with Crippen molar-refractivity contribution in [3.63, 3.8) is 0 Å². The standard InChI is InChI=1S/C15H24N6O2/c1-9(2)4-21-14(13(16)23)17-18-15(21)20-7-11-5-19(10(3)22)6-12(11)8-20/h9,11-12H,4-8H2,1-3H3,(H2,16,23)/t11-,12+. The number of likely N-dealkylation sites (tertiary alicyclic amines) is 1. The monoisotopic (exact) mass is 320 g/mol. The molecule has 23 heavy (non-hydrogen) atoms. The Bertz CT molecular complexity index is 611. The highest BCUT2D eigenvalue weighted by molar-refractivity contribution is 5.89. The maximum atomic E-state index is 11.6. The third kappa shape index (κ3) is 2.89. The Hall–Kier alpha value is -2.12. The van der Waals surface area contributed by atoms with Crippen molar-refractivity contribution in [3.8, 4) is 0 Å². The Labute approximate surface area is 135 Å². The van der Waals surface area contributed by atoms with E-state index in [1.165, 1.54) is 0 Å². The summed E-state index contributed by atoms with van der Waals surface area (Å²) in [4.78, 5) is 27.2. The normalized spacial score (nSPS) is 23.7. The number of fused-ring (bicyclic) bond motifs is 1. The fraction of sp³-hybridized carbons (Fsp3) is 0.733. The molecular weight excluding hydrogens is 296 g/mol. The lowest BCUT2D eigenvalue weighted by Crippen LogP contribution is -2.33. The number of nitrogens with two attached hydrogens (primary N) is 1. The van der Waals surface area contributed by atoms with Gasteiger partial charge in [0.1, 0.15) is 0 Å². The summed E-state index contributed by atoms with van der Waals surface area (Å²) in [6.45, 7) is 9.72. The Morgan fingerprint density at radius 2 is 1.78 bits per heavy atom. The summed E-state index contributed by atoms with van der Waals surface area (Å²) in [5, 5.41) is 8.19. The fourth-order valence-electron chi connectivity index (χ4n) is 3.66. The molecule has 2 atom stereocenters. The number of carbonyl (C=O) groups excluding carboxylic acids is 2. The van der Waals surface area contributed by atoms with Gasteiger partial charge in [-0.25, -0.2) is 0 Å². The van der Waals surface area contributed by atoms with Crippen LogP contribution in [0.1, 0.15) is 31.4 Å². The van der Waals surface area contributed by atoms with Crippen molar-refractivity contribution in [2.45, 2.75) is 27.3 Å². The van der Waals surface area contributed by atoms with E-state index in [0.29, 0.717) is 24.3 Å².